The Kier molecular flexibility index (Phi) is 3.21. The topological polar surface area (TPSA) is 55.6 Å². The Morgan fingerprint density at radius 1 is 1.17 bits per heavy atom. The zero-order chi connectivity index (χ0) is 12.2. The van der Waals surface area contributed by atoms with Gasteiger partial charge in [-0.15, -0.1) is 0 Å². The highest BCUT2D eigenvalue weighted by Crippen LogP contribution is 2.24. The van der Waals surface area contributed by atoms with Gasteiger partial charge >= 0.3 is 0 Å². The van der Waals surface area contributed by atoms with E-state index >= 15 is 0 Å². The molecule has 0 radical (unpaired) electrons. The Hall–Kier alpha value is -1.91. The number of rotatable bonds is 4. The van der Waals surface area contributed by atoms with Gasteiger partial charge in [-0.1, -0.05) is 36.1 Å². The SMILES string of the molecule is c1ccc(-n2nnnc2NCC2CCCC2)cc1. The molecule has 0 unspecified atom stereocenters. The number of hydrogen-bond donors (Lipinski definition) is 1. The molecule has 1 saturated carbocycles. The van der Waals surface area contributed by atoms with Crippen LogP contribution in [0.1, 0.15) is 25.7 Å². The molecule has 0 amide bonds. The number of anilines is 1. The van der Waals surface area contributed by atoms with Crippen LogP contribution in [-0.4, -0.2) is 26.8 Å². The largest absolute Gasteiger partial charge is 0.352 e. The first kappa shape index (κ1) is 11.2. The van der Waals surface area contributed by atoms with Crippen LogP contribution in [0.3, 0.4) is 0 Å². The van der Waals surface area contributed by atoms with E-state index in [1.165, 1.54) is 25.7 Å². The van der Waals surface area contributed by atoms with Gasteiger partial charge in [0, 0.05) is 6.54 Å². The molecule has 1 fully saturated rings. The molecule has 18 heavy (non-hydrogen) atoms. The molecular formula is C13H17N5. The summed E-state index contributed by atoms with van der Waals surface area (Å²) >= 11 is 0. The lowest BCUT2D eigenvalue weighted by atomic mass is 10.1. The maximum absolute atomic E-state index is 4.04. The summed E-state index contributed by atoms with van der Waals surface area (Å²) in [6.07, 6.45) is 5.35. The van der Waals surface area contributed by atoms with Crippen LogP contribution < -0.4 is 5.32 Å². The normalized spacial score (nSPS) is 16.0. The van der Waals surface area contributed by atoms with Crippen LogP contribution in [0.2, 0.25) is 0 Å². The summed E-state index contributed by atoms with van der Waals surface area (Å²) in [7, 11) is 0. The summed E-state index contributed by atoms with van der Waals surface area (Å²) in [6.45, 7) is 0.965. The van der Waals surface area contributed by atoms with Gasteiger partial charge in [0.15, 0.2) is 0 Å². The van der Waals surface area contributed by atoms with Crippen LogP contribution in [0.25, 0.3) is 5.69 Å². The van der Waals surface area contributed by atoms with Crippen molar-refractivity contribution in [3.8, 4) is 5.69 Å². The van der Waals surface area contributed by atoms with Crippen LogP contribution in [0.4, 0.5) is 5.95 Å². The molecule has 1 aliphatic carbocycles. The molecular weight excluding hydrogens is 226 g/mol. The maximum atomic E-state index is 4.04. The van der Waals surface area contributed by atoms with E-state index in [9.17, 15) is 0 Å². The molecule has 0 atom stereocenters. The van der Waals surface area contributed by atoms with Crippen molar-refractivity contribution in [2.45, 2.75) is 25.7 Å². The molecule has 0 spiro atoms. The van der Waals surface area contributed by atoms with E-state index in [0.717, 1.165) is 24.1 Å². The summed E-state index contributed by atoms with van der Waals surface area (Å²) < 4.78 is 1.74. The second-order valence-electron chi connectivity index (χ2n) is 4.78. The van der Waals surface area contributed by atoms with Gasteiger partial charge in [0.05, 0.1) is 5.69 Å². The quantitative estimate of drug-likeness (QED) is 0.895. The zero-order valence-electron chi connectivity index (χ0n) is 10.3. The van der Waals surface area contributed by atoms with Crippen molar-refractivity contribution in [3.05, 3.63) is 30.3 Å². The highest BCUT2D eigenvalue weighted by Gasteiger charge is 2.16. The average molecular weight is 243 g/mol. The molecule has 1 aromatic carbocycles. The van der Waals surface area contributed by atoms with Gasteiger partial charge in [-0.3, -0.25) is 0 Å². The van der Waals surface area contributed by atoms with Crippen LogP contribution in [0.15, 0.2) is 30.3 Å². The van der Waals surface area contributed by atoms with E-state index in [2.05, 4.69) is 20.8 Å². The predicted molar refractivity (Wildman–Crippen MR) is 69.6 cm³/mol. The van der Waals surface area contributed by atoms with Crippen LogP contribution >= 0.6 is 0 Å². The number of nitrogens with zero attached hydrogens (tertiary/aromatic N) is 4. The molecule has 2 aromatic rings. The van der Waals surface area contributed by atoms with E-state index in [1.54, 1.807) is 4.68 Å². The molecule has 0 aliphatic heterocycles. The highest BCUT2D eigenvalue weighted by atomic mass is 15.6. The van der Waals surface area contributed by atoms with Gasteiger partial charge in [-0.25, -0.2) is 0 Å². The lowest BCUT2D eigenvalue weighted by Gasteiger charge is -2.11. The Morgan fingerprint density at radius 2 is 1.94 bits per heavy atom. The fourth-order valence-electron chi connectivity index (χ4n) is 2.49. The molecule has 0 saturated heterocycles. The summed E-state index contributed by atoms with van der Waals surface area (Å²) in [5.74, 6) is 1.50. The Bertz CT molecular complexity index is 487. The molecule has 5 heteroatoms. The van der Waals surface area contributed by atoms with E-state index in [1.807, 2.05) is 30.3 Å². The molecule has 1 aliphatic rings. The minimum absolute atomic E-state index is 0.730. The monoisotopic (exact) mass is 243 g/mol. The van der Waals surface area contributed by atoms with E-state index in [0.29, 0.717) is 0 Å². The summed E-state index contributed by atoms with van der Waals surface area (Å²) in [5, 5.41) is 15.2. The van der Waals surface area contributed by atoms with Crippen molar-refractivity contribution >= 4 is 5.95 Å². The molecule has 5 nitrogen and oxygen atoms in total. The smallest absolute Gasteiger partial charge is 0.247 e. The second kappa shape index (κ2) is 5.16. The van der Waals surface area contributed by atoms with E-state index < -0.39 is 0 Å². The van der Waals surface area contributed by atoms with Crippen molar-refractivity contribution < 1.29 is 0 Å². The van der Waals surface area contributed by atoms with Crippen molar-refractivity contribution in [1.29, 1.82) is 0 Å². The first-order valence-corrected chi connectivity index (χ1v) is 6.51. The second-order valence-corrected chi connectivity index (χ2v) is 4.78. The molecule has 3 rings (SSSR count). The molecule has 1 heterocycles. The average Bonchev–Trinajstić information content (AvgIpc) is 3.09. The minimum atomic E-state index is 0.730. The van der Waals surface area contributed by atoms with E-state index in [4.69, 9.17) is 0 Å². The van der Waals surface area contributed by atoms with Gasteiger partial charge in [-0.05, 0) is 41.3 Å². The summed E-state index contributed by atoms with van der Waals surface area (Å²) in [6, 6.07) is 9.95. The van der Waals surface area contributed by atoms with Crippen molar-refractivity contribution in [1.82, 2.24) is 20.2 Å². The summed E-state index contributed by atoms with van der Waals surface area (Å²) in [5.41, 5.74) is 0.983. The highest BCUT2D eigenvalue weighted by molar-refractivity contribution is 5.38. The van der Waals surface area contributed by atoms with Crippen molar-refractivity contribution in [3.63, 3.8) is 0 Å². The fourth-order valence-corrected chi connectivity index (χ4v) is 2.49. The van der Waals surface area contributed by atoms with Crippen molar-refractivity contribution in [2.24, 2.45) is 5.92 Å². The van der Waals surface area contributed by atoms with Gasteiger partial charge in [0.2, 0.25) is 5.95 Å². The molecule has 94 valence electrons. The van der Waals surface area contributed by atoms with Crippen LogP contribution in [0, 0.1) is 5.92 Å². The third-order valence-corrected chi connectivity index (χ3v) is 3.49. The summed E-state index contributed by atoms with van der Waals surface area (Å²) in [4.78, 5) is 0. The Morgan fingerprint density at radius 3 is 2.72 bits per heavy atom. The Labute approximate surface area is 106 Å². The number of aromatic nitrogens is 4. The first-order valence-electron chi connectivity index (χ1n) is 6.51. The first-order chi connectivity index (χ1) is 8.93. The van der Waals surface area contributed by atoms with Gasteiger partial charge < -0.3 is 5.32 Å². The standard InChI is InChI=1S/C13H17N5/c1-2-8-12(9-3-1)18-13(15-16-17-18)14-10-11-6-4-5-7-11/h1-3,8-9,11H,4-7,10H2,(H,14,15,17). The molecule has 1 N–H and O–H groups in total. The van der Waals surface area contributed by atoms with Gasteiger partial charge in [-0.2, -0.15) is 4.68 Å². The number of nitrogens with one attached hydrogen (secondary N) is 1. The predicted octanol–water partition coefficient (Wildman–Crippen LogP) is 2.26. The molecule has 1 aromatic heterocycles. The fraction of sp³-hybridized carbons (Fsp3) is 0.462. The van der Waals surface area contributed by atoms with Crippen LogP contribution in [-0.2, 0) is 0 Å². The third-order valence-electron chi connectivity index (χ3n) is 3.49. The zero-order valence-corrected chi connectivity index (χ0v) is 10.3. The number of para-hydroxylation sites is 1. The number of benzene rings is 1. The van der Waals surface area contributed by atoms with Gasteiger partial charge in [0.1, 0.15) is 0 Å². The lowest BCUT2D eigenvalue weighted by molar-refractivity contribution is 0.576. The van der Waals surface area contributed by atoms with Crippen LogP contribution in [0.5, 0.6) is 0 Å². The number of hydrogen-bond acceptors (Lipinski definition) is 4. The minimum Gasteiger partial charge on any atom is -0.352 e. The maximum Gasteiger partial charge on any atom is 0.247 e. The lowest BCUT2D eigenvalue weighted by Crippen LogP contribution is -2.14. The third kappa shape index (κ3) is 2.34. The van der Waals surface area contributed by atoms with E-state index in [-0.39, 0.29) is 0 Å². The molecule has 0 bridgehead atoms. The van der Waals surface area contributed by atoms with Gasteiger partial charge in [0.25, 0.3) is 0 Å². The van der Waals surface area contributed by atoms with Crippen molar-refractivity contribution in [2.75, 3.05) is 11.9 Å². The number of tetrazole rings is 1. The Balaban J connectivity index is 1.71.